The molecule has 0 spiro atoms. The lowest BCUT2D eigenvalue weighted by molar-refractivity contribution is -0.0106. The van der Waals surface area contributed by atoms with Crippen LogP contribution in [-0.4, -0.2) is 17.3 Å². The van der Waals surface area contributed by atoms with E-state index in [1.165, 1.54) is 0 Å². The highest BCUT2D eigenvalue weighted by atomic mass is 16.5. The predicted molar refractivity (Wildman–Crippen MR) is 71.4 cm³/mol. The van der Waals surface area contributed by atoms with Gasteiger partial charge in [0.25, 0.3) is 0 Å². The number of aromatic nitrogens is 2. The van der Waals surface area contributed by atoms with E-state index >= 15 is 0 Å². The number of hydrogen-bond donors (Lipinski definition) is 1. The van der Waals surface area contributed by atoms with Crippen LogP contribution in [0.3, 0.4) is 0 Å². The minimum Gasteiger partial charge on any atom is -0.370 e. The number of hydrogen-bond acceptors (Lipinski definition) is 5. The Kier molecular flexibility index (Phi) is 3.97. The maximum absolute atomic E-state index is 6.12. The van der Waals surface area contributed by atoms with Gasteiger partial charge in [-0.15, -0.1) is 0 Å². The Hall–Kier alpha value is -1.72. The quantitative estimate of drug-likeness (QED) is 0.894. The van der Waals surface area contributed by atoms with Gasteiger partial charge in [-0.3, -0.25) is 0 Å². The standard InChI is InChI=1S/C14H19N3O2/c1-4-14(2,18-3)13-16-12(19-17-13)11(15)10-8-6-5-7-9-10/h5-9,11H,4,15H2,1-3H3/t11-,14?/m0/s1. The van der Waals surface area contributed by atoms with E-state index in [1.807, 2.05) is 44.2 Å². The molecular weight excluding hydrogens is 242 g/mol. The van der Waals surface area contributed by atoms with Crippen LogP contribution in [0.1, 0.15) is 43.6 Å². The van der Waals surface area contributed by atoms with Crippen LogP contribution in [0.15, 0.2) is 34.9 Å². The summed E-state index contributed by atoms with van der Waals surface area (Å²) in [6.07, 6.45) is 0.753. The molecule has 2 atom stereocenters. The van der Waals surface area contributed by atoms with Crippen LogP contribution in [0.4, 0.5) is 0 Å². The maximum Gasteiger partial charge on any atom is 0.248 e. The van der Waals surface area contributed by atoms with Crippen LogP contribution < -0.4 is 5.73 Å². The van der Waals surface area contributed by atoms with E-state index in [-0.39, 0.29) is 0 Å². The number of nitrogens with two attached hydrogens (primary N) is 1. The van der Waals surface area contributed by atoms with Crippen molar-refractivity contribution in [2.45, 2.75) is 31.9 Å². The molecule has 19 heavy (non-hydrogen) atoms. The Morgan fingerprint density at radius 3 is 2.63 bits per heavy atom. The second-order valence-electron chi connectivity index (χ2n) is 4.63. The highest BCUT2D eigenvalue weighted by Crippen LogP contribution is 2.27. The first-order valence-corrected chi connectivity index (χ1v) is 6.30. The summed E-state index contributed by atoms with van der Waals surface area (Å²) < 4.78 is 10.7. The zero-order valence-electron chi connectivity index (χ0n) is 11.5. The maximum atomic E-state index is 6.12. The molecule has 0 saturated heterocycles. The zero-order valence-corrected chi connectivity index (χ0v) is 11.5. The van der Waals surface area contributed by atoms with E-state index in [2.05, 4.69) is 10.1 Å². The van der Waals surface area contributed by atoms with Gasteiger partial charge in [0.15, 0.2) is 0 Å². The number of benzene rings is 1. The predicted octanol–water partition coefficient (Wildman–Crippen LogP) is 2.39. The molecule has 102 valence electrons. The van der Waals surface area contributed by atoms with Crippen molar-refractivity contribution in [1.29, 1.82) is 0 Å². The molecule has 0 saturated carbocycles. The second kappa shape index (κ2) is 5.50. The third-order valence-electron chi connectivity index (χ3n) is 3.46. The van der Waals surface area contributed by atoms with Crippen molar-refractivity contribution in [3.05, 3.63) is 47.6 Å². The third kappa shape index (κ3) is 2.67. The van der Waals surface area contributed by atoms with E-state index in [9.17, 15) is 0 Å². The fraction of sp³-hybridized carbons (Fsp3) is 0.429. The largest absolute Gasteiger partial charge is 0.370 e. The number of rotatable bonds is 5. The first-order chi connectivity index (χ1) is 9.10. The minimum atomic E-state index is -0.543. The summed E-state index contributed by atoms with van der Waals surface area (Å²) in [7, 11) is 1.64. The van der Waals surface area contributed by atoms with Crippen LogP contribution in [0.5, 0.6) is 0 Å². The molecule has 0 fully saturated rings. The van der Waals surface area contributed by atoms with Gasteiger partial charge in [0, 0.05) is 7.11 Å². The molecule has 2 aromatic rings. The summed E-state index contributed by atoms with van der Waals surface area (Å²) in [5, 5.41) is 3.99. The summed E-state index contributed by atoms with van der Waals surface area (Å²) >= 11 is 0. The molecule has 2 rings (SSSR count). The average molecular weight is 261 g/mol. The molecule has 5 heteroatoms. The number of nitrogens with zero attached hydrogens (tertiary/aromatic N) is 2. The van der Waals surface area contributed by atoms with Crippen LogP contribution in [0.2, 0.25) is 0 Å². The van der Waals surface area contributed by atoms with Gasteiger partial charge in [-0.05, 0) is 18.9 Å². The van der Waals surface area contributed by atoms with E-state index in [1.54, 1.807) is 7.11 Å². The summed E-state index contributed by atoms with van der Waals surface area (Å²) in [5.41, 5.74) is 6.51. The molecule has 1 unspecified atom stereocenters. The van der Waals surface area contributed by atoms with E-state index in [4.69, 9.17) is 15.0 Å². The van der Waals surface area contributed by atoms with Crippen LogP contribution in [0, 0.1) is 0 Å². The summed E-state index contributed by atoms with van der Waals surface area (Å²) in [6.45, 7) is 3.94. The molecule has 5 nitrogen and oxygen atoms in total. The minimum absolute atomic E-state index is 0.401. The van der Waals surface area contributed by atoms with Crippen molar-refractivity contribution in [2.24, 2.45) is 5.73 Å². The topological polar surface area (TPSA) is 74.2 Å². The Labute approximate surface area is 112 Å². The number of ether oxygens (including phenoxy) is 1. The monoisotopic (exact) mass is 261 g/mol. The Morgan fingerprint density at radius 2 is 2.05 bits per heavy atom. The highest BCUT2D eigenvalue weighted by molar-refractivity contribution is 5.23. The Morgan fingerprint density at radius 1 is 1.37 bits per heavy atom. The highest BCUT2D eigenvalue weighted by Gasteiger charge is 2.31. The van der Waals surface area contributed by atoms with Gasteiger partial charge in [-0.25, -0.2) is 0 Å². The van der Waals surface area contributed by atoms with Crippen molar-refractivity contribution < 1.29 is 9.26 Å². The van der Waals surface area contributed by atoms with E-state index < -0.39 is 11.6 Å². The molecule has 0 aliphatic heterocycles. The van der Waals surface area contributed by atoms with E-state index in [0.717, 1.165) is 12.0 Å². The summed E-state index contributed by atoms with van der Waals surface area (Å²) in [5.74, 6) is 0.928. The van der Waals surface area contributed by atoms with Crippen molar-refractivity contribution >= 4 is 0 Å². The second-order valence-corrected chi connectivity index (χ2v) is 4.63. The van der Waals surface area contributed by atoms with Gasteiger partial charge in [-0.1, -0.05) is 42.4 Å². The molecule has 0 aliphatic rings. The Balaban J connectivity index is 2.27. The molecular formula is C14H19N3O2. The van der Waals surface area contributed by atoms with Crippen LogP contribution in [-0.2, 0) is 10.3 Å². The molecule has 1 heterocycles. The lowest BCUT2D eigenvalue weighted by Gasteiger charge is -2.21. The fourth-order valence-corrected chi connectivity index (χ4v) is 1.77. The molecule has 0 radical (unpaired) electrons. The van der Waals surface area contributed by atoms with Crippen molar-refractivity contribution in [2.75, 3.05) is 7.11 Å². The molecule has 2 N–H and O–H groups in total. The lowest BCUT2D eigenvalue weighted by Crippen LogP contribution is -2.25. The SMILES string of the molecule is CCC(C)(OC)c1noc([C@@H](N)c2ccccc2)n1. The normalized spacial score (nSPS) is 16.0. The van der Waals surface area contributed by atoms with Gasteiger partial charge in [0.1, 0.15) is 11.6 Å². The first kappa shape index (κ1) is 13.7. The van der Waals surface area contributed by atoms with Gasteiger partial charge >= 0.3 is 0 Å². The molecule has 0 amide bonds. The first-order valence-electron chi connectivity index (χ1n) is 6.30. The number of methoxy groups -OCH3 is 1. The molecule has 1 aromatic heterocycles. The Bertz CT molecular complexity index is 520. The van der Waals surface area contributed by atoms with Gasteiger partial charge in [0.2, 0.25) is 11.7 Å². The molecule has 0 aliphatic carbocycles. The van der Waals surface area contributed by atoms with Gasteiger partial charge in [-0.2, -0.15) is 4.98 Å². The van der Waals surface area contributed by atoms with Crippen molar-refractivity contribution in [1.82, 2.24) is 10.1 Å². The van der Waals surface area contributed by atoms with E-state index in [0.29, 0.717) is 11.7 Å². The summed E-state index contributed by atoms with van der Waals surface area (Å²) in [4.78, 5) is 4.37. The van der Waals surface area contributed by atoms with Crippen LogP contribution in [0.25, 0.3) is 0 Å². The van der Waals surface area contributed by atoms with Crippen molar-refractivity contribution in [3.8, 4) is 0 Å². The lowest BCUT2D eigenvalue weighted by atomic mass is 10.0. The van der Waals surface area contributed by atoms with Crippen LogP contribution >= 0.6 is 0 Å². The molecule has 1 aromatic carbocycles. The van der Waals surface area contributed by atoms with Gasteiger partial charge in [0.05, 0.1) is 0 Å². The molecule has 0 bridgehead atoms. The third-order valence-corrected chi connectivity index (χ3v) is 3.46. The summed E-state index contributed by atoms with van der Waals surface area (Å²) in [6, 6.07) is 9.25. The van der Waals surface area contributed by atoms with Crippen molar-refractivity contribution in [3.63, 3.8) is 0 Å². The van der Waals surface area contributed by atoms with Gasteiger partial charge < -0.3 is 15.0 Å². The zero-order chi connectivity index (χ0) is 13.9. The average Bonchev–Trinajstić information content (AvgIpc) is 2.97. The fourth-order valence-electron chi connectivity index (χ4n) is 1.77. The smallest absolute Gasteiger partial charge is 0.248 e.